The summed E-state index contributed by atoms with van der Waals surface area (Å²) < 4.78 is 5.48. The number of hydrogen-bond acceptors (Lipinski definition) is 2. The first kappa shape index (κ1) is 11.3. The molecule has 0 aliphatic carbocycles. The van der Waals surface area contributed by atoms with Gasteiger partial charge in [0.05, 0.1) is 12.1 Å². The molecule has 4 nitrogen and oxygen atoms in total. The van der Waals surface area contributed by atoms with E-state index < -0.39 is 0 Å². The molecule has 0 radical (unpaired) electrons. The zero-order chi connectivity index (χ0) is 10.6. The largest absolute Gasteiger partial charge is 0.376 e. The van der Waals surface area contributed by atoms with Gasteiger partial charge in [0, 0.05) is 12.6 Å². The van der Waals surface area contributed by atoms with Crippen molar-refractivity contribution < 1.29 is 9.53 Å². The van der Waals surface area contributed by atoms with Crippen molar-refractivity contribution in [2.24, 2.45) is 0 Å². The smallest absolute Gasteiger partial charge is 0.315 e. The standard InChI is InChI=1S/C10H20N2O2/c1-7(2)11-10(13)12-8(3)9-5-4-6-14-9/h7-9H,4-6H2,1-3H3,(H2,11,12,13). The molecule has 2 N–H and O–H groups in total. The van der Waals surface area contributed by atoms with E-state index in [0.717, 1.165) is 19.4 Å². The molecule has 1 heterocycles. The third-order valence-corrected chi connectivity index (χ3v) is 2.30. The number of carbonyl (C=O) groups is 1. The van der Waals surface area contributed by atoms with Gasteiger partial charge in [-0.05, 0) is 33.6 Å². The zero-order valence-electron chi connectivity index (χ0n) is 9.17. The van der Waals surface area contributed by atoms with Gasteiger partial charge < -0.3 is 15.4 Å². The molecule has 14 heavy (non-hydrogen) atoms. The second-order valence-electron chi connectivity index (χ2n) is 4.11. The predicted molar refractivity (Wildman–Crippen MR) is 55.2 cm³/mol. The van der Waals surface area contributed by atoms with Crippen molar-refractivity contribution in [2.45, 2.75) is 51.8 Å². The Morgan fingerprint density at radius 3 is 2.57 bits per heavy atom. The van der Waals surface area contributed by atoms with Gasteiger partial charge >= 0.3 is 6.03 Å². The van der Waals surface area contributed by atoms with E-state index in [-0.39, 0.29) is 24.2 Å². The van der Waals surface area contributed by atoms with E-state index in [1.54, 1.807) is 0 Å². The van der Waals surface area contributed by atoms with Gasteiger partial charge in [-0.2, -0.15) is 0 Å². The van der Waals surface area contributed by atoms with Gasteiger partial charge in [-0.15, -0.1) is 0 Å². The van der Waals surface area contributed by atoms with Crippen LogP contribution in [-0.2, 0) is 4.74 Å². The second kappa shape index (κ2) is 5.20. The fourth-order valence-corrected chi connectivity index (χ4v) is 1.60. The first-order chi connectivity index (χ1) is 6.59. The Morgan fingerprint density at radius 2 is 2.07 bits per heavy atom. The van der Waals surface area contributed by atoms with Gasteiger partial charge in [0.15, 0.2) is 0 Å². The summed E-state index contributed by atoms with van der Waals surface area (Å²) in [7, 11) is 0. The maximum atomic E-state index is 11.3. The van der Waals surface area contributed by atoms with Crippen LogP contribution in [0.5, 0.6) is 0 Å². The summed E-state index contributed by atoms with van der Waals surface area (Å²) in [6, 6.07) is 0.158. The number of urea groups is 1. The molecule has 1 aliphatic rings. The van der Waals surface area contributed by atoms with Gasteiger partial charge in [0.25, 0.3) is 0 Å². The quantitative estimate of drug-likeness (QED) is 0.720. The lowest BCUT2D eigenvalue weighted by atomic mass is 10.1. The number of carbonyl (C=O) groups excluding carboxylic acids is 1. The summed E-state index contributed by atoms with van der Waals surface area (Å²) in [5.41, 5.74) is 0. The monoisotopic (exact) mass is 200 g/mol. The fourth-order valence-electron chi connectivity index (χ4n) is 1.60. The number of nitrogens with one attached hydrogen (secondary N) is 2. The van der Waals surface area contributed by atoms with Crippen LogP contribution < -0.4 is 10.6 Å². The normalized spacial score (nSPS) is 23.6. The van der Waals surface area contributed by atoms with E-state index in [2.05, 4.69) is 10.6 Å². The predicted octanol–water partition coefficient (Wildman–Crippen LogP) is 1.26. The topological polar surface area (TPSA) is 50.4 Å². The molecule has 1 aliphatic heterocycles. The Bertz CT molecular complexity index is 189. The average Bonchev–Trinajstić information content (AvgIpc) is 2.53. The lowest BCUT2D eigenvalue weighted by Gasteiger charge is -2.20. The van der Waals surface area contributed by atoms with Crippen LogP contribution in [0.2, 0.25) is 0 Å². The molecule has 1 saturated heterocycles. The Hall–Kier alpha value is -0.770. The highest BCUT2D eigenvalue weighted by Crippen LogP contribution is 2.15. The van der Waals surface area contributed by atoms with Gasteiger partial charge in [0.2, 0.25) is 0 Å². The summed E-state index contributed by atoms with van der Waals surface area (Å²) in [5.74, 6) is 0. The van der Waals surface area contributed by atoms with Crippen LogP contribution >= 0.6 is 0 Å². The minimum atomic E-state index is -0.108. The van der Waals surface area contributed by atoms with E-state index in [1.807, 2.05) is 20.8 Å². The molecule has 1 fully saturated rings. The van der Waals surface area contributed by atoms with E-state index >= 15 is 0 Å². The number of ether oxygens (including phenoxy) is 1. The highest BCUT2D eigenvalue weighted by Gasteiger charge is 2.23. The molecule has 0 aromatic rings. The van der Waals surface area contributed by atoms with Gasteiger partial charge in [-0.3, -0.25) is 0 Å². The fraction of sp³-hybridized carbons (Fsp3) is 0.900. The van der Waals surface area contributed by atoms with Crippen LogP contribution in [0.4, 0.5) is 4.79 Å². The highest BCUT2D eigenvalue weighted by atomic mass is 16.5. The highest BCUT2D eigenvalue weighted by molar-refractivity contribution is 5.74. The number of hydrogen-bond donors (Lipinski definition) is 2. The van der Waals surface area contributed by atoms with Crippen LogP contribution in [0.15, 0.2) is 0 Å². The van der Waals surface area contributed by atoms with Gasteiger partial charge in [-0.1, -0.05) is 0 Å². The maximum Gasteiger partial charge on any atom is 0.315 e. The van der Waals surface area contributed by atoms with E-state index in [1.165, 1.54) is 0 Å². The summed E-state index contributed by atoms with van der Waals surface area (Å²) in [4.78, 5) is 11.3. The van der Waals surface area contributed by atoms with Crippen molar-refractivity contribution >= 4 is 6.03 Å². The lowest BCUT2D eigenvalue weighted by molar-refractivity contribution is 0.0859. The molecule has 82 valence electrons. The van der Waals surface area contributed by atoms with Crippen molar-refractivity contribution in [3.05, 3.63) is 0 Å². The van der Waals surface area contributed by atoms with Crippen LogP contribution in [0.3, 0.4) is 0 Å². The molecule has 0 aromatic carbocycles. The molecule has 2 amide bonds. The van der Waals surface area contributed by atoms with Crippen LogP contribution in [-0.4, -0.2) is 30.8 Å². The molecule has 4 heteroatoms. The zero-order valence-corrected chi connectivity index (χ0v) is 9.17. The second-order valence-corrected chi connectivity index (χ2v) is 4.11. The van der Waals surface area contributed by atoms with E-state index in [9.17, 15) is 4.79 Å². The maximum absolute atomic E-state index is 11.3. The average molecular weight is 200 g/mol. The molecule has 0 spiro atoms. The minimum Gasteiger partial charge on any atom is -0.376 e. The third-order valence-electron chi connectivity index (χ3n) is 2.30. The SMILES string of the molecule is CC(C)NC(=O)NC(C)C1CCCO1. The summed E-state index contributed by atoms with van der Waals surface area (Å²) in [6.07, 6.45) is 2.33. The van der Waals surface area contributed by atoms with Gasteiger partial charge in [0.1, 0.15) is 0 Å². The van der Waals surface area contributed by atoms with Crippen molar-refractivity contribution in [3.63, 3.8) is 0 Å². The van der Waals surface area contributed by atoms with E-state index in [4.69, 9.17) is 4.74 Å². The van der Waals surface area contributed by atoms with Crippen molar-refractivity contribution in [2.75, 3.05) is 6.61 Å². The molecular weight excluding hydrogens is 180 g/mol. The third kappa shape index (κ3) is 3.54. The summed E-state index contributed by atoms with van der Waals surface area (Å²) in [6.45, 7) is 6.69. The Labute approximate surface area is 85.4 Å². The molecule has 1 rings (SSSR count). The Kier molecular flexibility index (Phi) is 4.20. The molecule has 0 aromatic heterocycles. The minimum absolute atomic E-state index is 0.0937. The Balaban J connectivity index is 2.24. The number of amides is 2. The molecule has 2 unspecified atom stereocenters. The molecule has 2 atom stereocenters. The van der Waals surface area contributed by atoms with Crippen molar-refractivity contribution in [3.8, 4) is 0 Å². The summed E-state index contributed by atoms with van der Waals surface area (Å²) in [5, 5.41) is 5.67. The first-order valence-electron chi connectivity index (χ1n) is 5.28. The first-order valence-corrected chi connectivity index (χ1v) is 5.28. The summed E-state index contributed by atoms with van der Waals surface area (Å²) >= 11 is 0. The molecule has 0 bridgehead atoms. The molecular formula is C10H20N2O2. The van der Waals surface area contributed by atoms with Crippen LogP contribution in [0.25, 0.3) is 0 Å². The van der Waals surface area contributed by atoms with Crippen LogP contribution in [0.1, 0.15) is 33.6 Å². The van der Waals surface area contributed by atoms with Crippen LogP contribution in [0, 0.1) is 0 Å². The Morgan fingerprint density at radius 1 is 1.36 bits per heavy atom. The van der Waals surface area contributed by atoms with E-state index in [0.29, 0.717) is 0 Å². The van der Waals surface area contributed by atoms with Crippen molar-refractivity contribution in [1.29, 1.82) is 0 Å². The number of rotatable bonds is 3. The lowest BCUT2D eigenvalue weighted by Crippen LogP contribution is -2.47. The molecule has 0 saturated carbocycles. The van der Waals surface area contributed by atoms with Gasteiger partial charge in [-0.25, -0.2) is 4.79 Å². The van der Waals surface area contributed by atoms with Crippen molar-refractivity contribution in [1.82, 2.24) is 10.6 Å².